The molecule has 0 aliphatic heterocycles. The van der Waals surface area contributed by atoms with E-state index in [9.17, 15) is 0 Å². The lowest BCUT2D eigenvalue weighted by Gasteiger charge is -2.20. The van der Waals surface area contributed by atoms with E-state index in [-0.39, 0.29) is 5.54 Å². The molecule has 0 fully saturated rings. The minimum atomic E-state index is 0.179. The molecule has 0 saturated heterocycles. The second kappa shape index (κ2) is 6.16. The Morgan fingerprint density at radius 3 is 2.74 bits per heavy atom. The zero-order chi connectivity index (χ0) is 16.4. The van der Waals surface area contributed by atoms with Gasteiger partial charge < -0.3 is 15.6 Å². The summed E-state index contributed by atoms with van der Waals surface area (Å²) in [5.41, 5.74) is 9.06. The number of rotatable bonds is 5. The number of unbranched alkanes of at least 4 members (excludes halogenated alkanes) is 1. The molecule has 2 heterocycles. The molecule has 0 aliphatic rings. The average Bonchev–Trinajstić information content (AvgIpc) is 2.91. The molecule has 1 aromatic carbocycles. The summed E-state index contributed by atoms with van der Waals surface area (Å²) in [7, 11) is 0. The third-order valence-corrected chi connectivity index (χ3v) is 3.96. The molecule has 5 nitrogen and oxygen atoms in total. The molecule has 0 saturated carbocycles. The first kappa shape index (κ1) is 15.7. The Hall–Kier alpha value is -2.14. The maximum atomic E-state index is 6.06. The summed E-state index contributed by atoms with van der Waals surface area (Å²) in [6, 6.07) is 8.10. The Kier molecular flexibility index (Phi) is 4.22. The van der Waals surface area contributed by atoms with E-state index in [4.69, 9.17) is 5.73 Å². The van der Waals surface area contributed by atoms with Crippen molar-refractivity contribution in [2.75, 3.05) is 12.3 Å². The highest BCUT2D eigenvalue weighted by Crippen LogP contribution is 2.27. The normalized spacial score (nSPS) is 12.3. The molecule has 0 aliphatic carbocycles. The van der Waals surface area contributed by atoms with E-state index in [0.717, 1.165) is 47.9 Å². The number of nitrogens with zero attached hydrogens (tertiary/aromatic N) is 3. The zero-order valence-electron chi connectivity index (χ0n) is 14.1. The number of nitrogen functional groups attached to an aromatic ring is 1. The van der Waals surface area contributed by atoms with Crippen LogP contribution >= 0.6 is 0 Å². The van der Waals surface area contributed by atoms with E-state index in [0.29, 0.717) is 5.82 Å². The number of benzene rings is 1. The first-order chi connectivity index (χ1) is 11.0. The fraction of sp³-hybridized carbons (Fsp3) is 0.444. The van der Waals surface area contributed by atoms with Crippen molar-refractivity contribution in [3.05, 3.63) is 30.6 Å². The SMILES string of the molecule is CC(C)(C)NCCCCn1cnc2c(N)nc3ccccc3c21. The maximum Gasteiger partial charge on any atom is 0.152 e. The Balaban J connectivity index is 1.79. The number of aromatic nitrogens is 3. The van der Waals surface area contributed by atoms with Crippen molar-refractivity contribution in [3.8, 4) is 0 Å². The fourth-order valence-electron chi connectivity index (χ4n) is 2.85. The highest BCUT2D eigenvalue weighted by molar-refractivity contribution is 6.06. The van der Waals surface area contributed by atoms with Crippen molar-refractivity contribution in [2.45, 2.75) is 45.7 Å². The van der Waals surface area contributed by atoms with Gasteiger partial charge in [-0.1, -0.05) is 18.2 Å². The molecule has 0 unspecified atom stereocenters. The lowest BCUT2D eigenvalue weighted by atomic mass is 10.1. The Labute approximate surface area is 136 Å². The zero-order valence-corrected chi connectivity index (χ0v) is 14.1. The molecule has 0 spiro atoms. The fourth-order valence-corrected chi connectivity index (χ4v) is 2.85. The molecule has 3 rings (SSSR count). The number of nitrogens with one attached hydrogen (secondary N) is 1. The quantitative estimate of drug-likeness (QED) is 0.709. The second-order valence-electron chi connectivity index (χ2n) is 7.03. The molecule has 3 N–H and O–H groups in total. The van der Waals surface area contributed by atoms with Gasteiger partial charge in [0.05, 0.1) is 17.4 Å². The van der Waals surface area contributed by atoms with Crippen LogP contribution < -0.4 is 11.1 Å². The molecule has 3 aromatic rings. The summed E-state index contributed by atoms with van der Waals surface area (Å²) < 4.78 is 2.20. The van der Waals surface area contributed by atoms with Crippen molar-refractivity contribution in [2.24, 2.45) is 0 Å². The van der Waals surface area contributed by atoms with E-state index >= 15 is 0 Å². The molecule has 2 aromatic heterocycles. The summed E-state index contributed by atoms with van der Waals surface area (Å²) >= 11 is 0. The highest BCUT2D eigenvalue weighted by atomic mass is 15.1. The number of hydrogen-bond acceptors (Lipinski definition) is 4. The van der Waals surface area contributed by atoms with Crippen LogP contribution in [0.15, 0.2) is 30.6 Å². The van der Waals surface area contributed by atoms with Gasteiger partial charge in [0.2, 0.25) is 0 Å². The molecule has 0 amide bonds. The third-order valence-electron chi connectivity index (χ3n) is 3.96. The Bertz CT molecular complexity index is 813. The van der Waals surface area contributed by atoms with E-state index in [1.807, 2.05) is 24.5 Å². The molecule has 23 heavy (non-hydrogen) atoms. The number of pyridine rings is 1. The van der Waals surface area contributed by atoms with Crippen LogP contribution in [0.5, 0.6) is 0 Å². The Morgan fingerprint density at radius 1 is 1.17 bits per heavy atom. The first-order valence-corrected chi connectivity index (χ1v) is 8.20. The summed E-state index contributed by atoms with van der Waals surface area (Å²) in [6.45, 7) is 8.55. The van der Waals surface area contributed by atoms with Crippen LogP contribution in [0.3, 0.4) is 0 Å². The topological polar surface area (TPSA) is 68.8 Å². The van der Waals surface area contributed by atoms with E-state index in [2.05, 4.69) is 46.7 Å². The van der Waals surface area contributed by atoms with Crippen LogP contribution in [0.1, 0.15) is 33.6 Å². The highest BCUT2D eigenvalue weighted by Gasteiger charge is 2.12. The number of fused-ring (bicyclic) bond motifs is 3. The maximum absolute atomic E-state index is 6.06. The predicted octanol–water partition coefficient (Wildman–Crippen LogP) is 3.34. The average molecular weight is 311 g/mol. The van der Waals surface area contributed by atoms with Gasteiger partial charge in [0, 0.05) is 17.5 Å². The van der Waals surface area contributed by atoms with Gasteiger partial charge in [-0.3, -0.25) is 0 Å². The van der Waals surface area contributed by atoms with Crippen molar-refractivity contribution in [1.29, 1.82) is 0 Å². The predicted molar refractivity (Wildman–Crippen MR) is 96.4 cm³/mol. The second-order valence-corrected chi connectivity index (χ2v) is 7.03. The van der Waals surface area contributed by atoms with Gasteiger partial charge in [-0.25, -0.2) is 9.97 Å². The van der Waals surface area contributed by atoms with Crippen LogP contribution in [0.25, 0.3) is 21.9 Å². The standard InChI is InChI=1S/C18H25N5/c1-18(2,3)21-10-6-7-11-23-12-20-15-16(23)13-8-4-5-9-14(13)22-17(15)19/h4-5,8-9,12,21H,6-7,10-11H2,1-3H3,(H2,19,22). The van der Waals surface area contributed by atoms with Gasteiger partial charge in [-0.05, 0) is 46.2 Å². The number of hydrogen-bond donors (Lipinski definition) is 2. The summed E-state index contributed by atoms with van der Waals surface area (Å²) in [5, 5.41) is 4.64. The monoisotopic (exact) mass is 311 g/mol. The van der Waals surface area contributed by atoms with E-state index < -0.39 is 0 Å². The van der Waals surface area contributed by atoms with Gasteiger partial charge in [0.25, 0.3) is 0 Å². The summed E-state index contributed by atoms with van der Waals surface area (Å²) in [6.07, 6.45) is 4.12. The largest absolute Gasteiger partial charge is 0.382 e. The molecule has 5 heteroatoms. The van der Waals surface area contributed by atoms with E-state index in [1.54, 1.807) is 0 Å². The van der Waals surface area contributed by atoms with E-state index in [1.165, 1.54) is 0 Å². The minimum absolute atomic E-state index is 0.179. The Morgan fingerprint density at radius 2 is 1.96 bits per heavy atom. The molecule has 0 atom stereocenters. The van der Waals surface area contributed by atoms with Crippen LogP contribution in [0.2, 0.25) is 0 Å². The summed E-state index contributed by atoms with van der Waals surface area (Å²) in [4.78, 5) is 8.91. The van der Waals surface area contributed by atoms with Crippen LogP contribution in [-0.2, 0) is 6.54 Å². The number of aryl methyl sites for hydroxylation is 1. The van der Waals surface area contributed by atoms with Crippen LogP contribution in [0.4, 0.5) is 5.82 Å². The number of imidazole rings is 1. The van der Waals surface area contributed by atoms with Gasteiger partial charge in [-0.2, -0.15) is 0 Å². The lowest BCUT2D eigenvalue weighted by molar-refractivity contribution is 0.415. The third kappa shape index (κ3) is 3.45. The van der Waals surface area contributed by atoms with Gasteiger partial charge in [0.15, 0.2) is 5.82 Å². The first-order valence-electron chi connectivity index (χ1n) is 8.20. The van der Waals surface area contributed by atoms with Gasteiger partial charge >= 0.3 is 0 Å². The van der Waals surface area contributed by atoms with Crippen molar-refractivity contribution >= 4 is 27.8 Å². The number of nitrogens with two attached hydrogens (primary N) is 1. The smallest absolute Gasteiger partial charge is 0.152 e. The van der Waals surface area contributed by atoms with Crippen molar-refractivity contribution in [3.63, 3.8) is 0 Å². The molecular formula is C18H25N5. The molecule has 122 valence electrons. The number of anilines is 1. The molecule has 0 radical (unpaired) electrons. The van der Waals surface area contributed by atoms with Crippen LogP contribution in [0, 0.1) is 0 Å². The van der Waals surface area contributed by atoms with Gasteiger partial charge in [-0.15, -0.1) is 0 Å². The molecule has 0 bridgehead atoms. The number of para-hydroxylation sites is 1. The molecular weight excluding hydrogens is 286 g/mol. The van der Waals surface area contributed by atoms with Crippen molar-refractivity contribution < 1.29 is 0 Å². The van der Waals surface area contributed by atoms with Crippen LogP contribution in [-0.4, -0.2) is 26.6 Å². The lowest BCUT2D eigenvalue weighted by Crippen LogP contribution is -2.36. The summed E-state index contributed by atoms with van der Waals surface area (Å²) in [5.74, 6) is 0.506. The van der Waals surface area contributed by atoms with Gasteiger partial charge in [0.1, 0.15) is 5.52 Å². The van der Waals surface area contributed by atoms with Crippen molar-refractivity contribution in [1.82, 2.24) is 19.9 Å². The minimum Gasteiger partial charge on any atom is -0.382 e.